The van der Waals surface area contributed by atoms with Crippen molar-refractivity contribution in [1.82, 2.24) is 15.4 Å². The molecule has 10 heteroatoms. The first-order valence-electron chi connectivity index (χ1n) is 9.15. The Hall–Kier alpha value is -3.27. The number of carbonyl (C=O) groups is 4. The molecule has 0 aliphatic carbocycles. The van der Waals surface area contributed by atoms with E-state index in [1.807, 2.05) is 0 Å². The number of nitrogens with zero attached hydrogens (tertiary/aromatic N) is 2. The molecule has 1 atom stereocenters. The molecular weight excluding hydrogens is 410 g/mol. The van der Waals surface area contributed by atoms with E-state index in [-0.39, 0.29) is 16.8 Å². The third kappa shape index (κ3) is 4.33. The van der Waals surface area contributed by atoms with Crippen molar-refractivity contribution in [3.8, 4) is 0 Å². The molecule has 0 saturated carbocycles. The lowest BCUT2D eigenvalue weighted by molar-refractivity contribution is -0.0588. The normalized spacial score (nSPS) is 14.4. The highest BCUT2D eigenvalue weighted by Crippen LogP contribution is 2.27. The fraction of sp³-hybridized carbons (Fsp3) is 0.350. The topological polar surface area (TPSA) is 115 Å². The zero-order valence-electron chi connectivity index (χ0n) is 17.1. The summed E-state index contributed by atoms with van der Waals surface area (Å²) in [6.45, 7) is 8.59. The van der Waals surface area contributed by atoms with Gasteiger partial charge >= 0.3 is 12.1 Å². The monoisotopic (exact) mass is 431 g/mol. The van der Waals surface area contributed by atoms with Crippen LogP contribution in [0.2, 0.25) is 0 Å². The van der Waals surface area contributed by atoms with Gasteiger partial charge < -0.3 is 14.9 Å². The molecule has 1 aliphatic rings. The first kappa shape index (κ1) is 21.4. The summed E-state index contributed by atoms with van der Waals surface area (Å²) in [7, 11) is 0. The first-order valence-corrected chi connectivity index (χ1v) is 9.96. The molecule has 0 fully saturated rings. The molecule has 30 heavy (non-hydrogen) atoms. The maximum absolute atomic E-state index is 12.6. The summed E-state index contributed by atoms with van der Waals surface area (Å²) >= 11 is 1.19. The van der Waals surface area contributed by atoms with E-state index >= 15 is 0 Å². The van der Waals surface area contributed by atoms with Crippen molar-refractivity contribution < 1.29 is 28.8 Å². The predicted octanol–water partition coefficient (Wildman–Crippen LogP) is 3.41. The lowest BCUT2D eigenvalue weighted by Crippen LogP contribution is -2.34. The Bertz CT molecular complexity index is 1000. The van der Waals surface area contributed by atoms with E-state index in [1.54, 1.807) is 46.8 Å². The van der Waals surface area contributed by atoms with Gasteiger partial charge in [0.2, 0.25) is 0 Å². The Morgan fingerprint density at radius 2 is 1.70 bits per heavy atom. The van der Waals surface area contributed by atoms with Gasteiger partial charge in [0.15, 0.2) is 5.69 Å². The van der Waals surface area contributed by atoms with Crippen molar-refractivity contribution >= 4 is 35.2 Å². The van der Waals surface area contributed by atoms with Crippen LogP contribution in [0.1, 0.15) is 74.8 Å². The fourth-order valence-electron chi connectivity index (χ4n) is 2.71. The van der Waals surface area contributed by atoms with Gasteiger partial charge in [-0.1, -0.05) is 17.2 Å². The van der Waals surface area contributed by atoms with Crippen molar-refractivity contribution in [1.29, 1.82) is 0 Å². The number of hydroxylamine groups is 2. The van der Waals surface area contributed by atoms with Gasteiger partial charge in [0.1, 0.15) is 10.6 Å². The maximum Gasteiger partial charge on any atom is 0.408 e. The number of hydrogen-bond donors (Lipinski definition) is 1. The third-order valence-corrected chi connectivity index (χ3v) is 5.19. The number of amides is 3. The van der Waals surface area contributed by atoms with E-state index in [0.29, 0.717) is 14.9 Å². The minimum Gasteiger partial charge on any atom is -0.444 e. The van der Waals surface area contributed by atoms with Crippen molar-refractivity contribution in [2.24, 2.45) is 0 Å². The Morgan fingerprint density at radius 3 is 2.23 bits per heavy atom. The molecule has 9 nitrogen and oxygen atoms in total. The summed E-state index contributed by atoms with van der Waals surface area (Å²) in [4.78, 5) is 59.0. The van der Waals surface area contributed by atoms with E-state index in [1.165, 1.54) is 23.5 Å². The number of fused-ring (bicyclic) bond motifs is 1. The van der Waals surface area contributed by atoms with Crippen LogP contribution in [0.15, 0.2) is 24.3 Å². The lowest BCUT2D eigenvalue weighted by Gasteiger charge is -2.21. The summed E-state index contributed by atoms with van der Waals surface area (Å²) in [6, 6.07) is 5.68. The van der Waals surface area contributed by atoms with Gasteiger partial charge in [0, 0.05) is 4.88 Å². The molecule has 0 saturated heterocycles. The highest BCUT2D eigenvalue weighted by atomic mass is 32.1. The molecule has 0 radical (unpaired) electrons. The van der Waals surface area contributed by atoms with Gasteiger partial charge in [-0.25, -0.2) is 14.6 Å². The van der Waals surface area contributed by atoms with E-state index in [4.69, 9.17) is 9.57 Å². The third-order valence-electron chi connectivity index (χ3n) is 4.04. The van der Waals surface area contributed by atoms with Crippen LogP contribution in [-0.4, -0.2) is 39.5 Å². The van der Waals surface area contributed by atoms with Gasteiger partial charge in [-0.05, 0) is 46.8 Å². The van der Waals surface area contributed by atoms with Crippen LogP contribution in [0.4, 0.5) is 4.79 Å². The zero-order valence-corrected chi connectivity index (χ0v) is 18.0. The second-order valence-electron chi connectivity index (χ2n) is 7.65. The predicted molar refractivity (Wildman–Crippen MR) is 107 cm³/mol. The van der Waals surface area contributed by atoms with E-state index < -0.39 is 35.5 Å². The molecule has 1 N–H and O–H groups in total. The summed E-state index contributed by atoms with van der Waals surface area (Å²) in [5.41, 5.74) is -0.351. The Balaban J connectivity index is 1.71. The van der Waals surface area contributed by atoms with Crippen LogP contribution in [0.3, 0.4) is 0 Å². The van der Waals surface area contributed by atoms with Crippen molar-refractivity contribution in [2.45, 2.75) is 46.3 Å². The average molecular weight is 431 g/mol. The van der Waals surface area contributed by atoms with Gasteiger partial charge in [-0.2, -0.15) is 0 Å². The number of carbonyl (C=O) groups excluding carboxylic acids is 4. The average Bonchev–Trinajstić information content (AvgIpc) is 3.14. The number of hydrogen-bond acceptors (Lipinski definition) is 8. The molecule has 1 aromatic carbocycles. The zero-order chi connectivity index (χ0) is 22.2. The van der Waals surface area contributed by atoms with Gasteiger partial charge in [-0.15, -0.1) is 11.3 Å². The molecule has 1 aromatic heterocycles. The quantitative estimate of drug-likeness (QED) is 0.738. The number of thiazole rings is 1. The van der Waals surface area contributed by atoms with Crippen molar-refractivity contribution in [2.75, 3.05) is 0 Å². The maximum atomic E-state index is 12.6. The number of aryl methyl sites for hydroxylation is 1. The number of benzene rings is 1. The largest absolute Gasteiger partial charge is 0.444 e. The number of nitrogens with one attached hydrogen (secondary N) is 1. The second-order valence-corrected chi connectivity index (χ2v) is 8.89. The Labute approximate surface area is 176 Å². The molecule has 0 bridgehead atoms. The minimum absolute atomic E-state index is 0.0376. The van der Waals surface area contributed by atoms with E-state index in [2.05, 4.69) is 10.3 Å². The molecule has 3 amide bonds. The summed E-state index contributed by atoms with van der Waals surface area (Å²) < 4.78 is 5.21. The number of alkyl carbamates (subject to hydrolysis) is 1. The number of imide groups is 1. The molecule has 2 heterocycles. The molecule has 0 spiro atoms. The van der Waals surface area contributed by atoms with Crippen LogP contribution in [0.5, 0.6) is 0 Å². The van der Waals surface area contributed by atoms with E-state index in [9.17, 15) is 19.2 Å². The highest BCUT2D eigenvalue weighted by Gasteiger charge is 2.39. The molecular formula is C20H21N3O6S. The smallest absolute Gasteiger partial charge is 0.408 e. The lowest BCUT2D eigenvalue weighted by atomic mass is 10.1. The van der Waals surface area contributed by atoms with Crippen LogP contribution in [0.25, 0.3) is 0 Å². The molecule has 1 unspecified atom stereocenters. The van der Waals surface area contributed by atoms with Crippen molar-refractivity contribution in [3.05, 3.63) is 51.0 Å². The summed E-state index contributed by atoms with van der Waals surface area (Å²) in [5.74, 6) is -2.36. The number of ether oxygens (including phenoxy) is 1. The first-order chi connectivity index (χ1) is 14.0. The fourth-order valence-corrected chi connectivity index (χ4v) is 3.63. The van der Waals surface area contributed by atoms with Gasteiger partial charge in [0.05, 0.1) is 17.2 Å². The standard InChI is InChI=1S/C20H21N3O6S/c1-10(21-19(27)28-20(3,4)5)15-22-14(11(2)30-15)18(26)29-23-16(24)12-8-6-7-9-13(12)17(23)25/h6-10H,1-5H3,(H,21,27). The molecule has 3 rings (SSSR count). The van der Waals surface area contributed by atoms with E-state index in [0.717, 1.165) is 0 Å². The number of rotatable bonds is 4. The van der Waals surface area contributed by atoms with Crippen LogP contribution in [-0.2, 0) is 9.57 Å². The van der Waals surface area contributed by atoms with Crippen LogP contribution >= 0.6 is 11.3 Å². The Kier molecular flexibility index (Phi) is 5.62. The Morgan fingerprint density at radius 1 is 1.13 bits per heavy atom. The molecule has 1 aliphatic heterocycles. The minimum atomic E-state index is -0.936. The second kappa shape index (κ2) is 7.86. The van der Waals surface area contributed by atoms with Crippen molar-refractivity contribution in [3.63, 3.8) is 0 Å². The molecule has 158 valence electrons. The van der Waals surface area contributed by atoms with Crippen LogP contribution in [0, 0.1) is 6.92 Å². The molecule has 2 aromatic rings. The summed E-state index contributed by atoms with van der Waals surface area (Å²) in [6.07, 6.45) is -0.613. The van der Waals surface area contributed by atoms with Gasteiger partial charge in [-0.3, -0.25) is 9.59 Å². The number of aromatic nitrogens is 1. The highest BCUT2D eigenvalue weighted by molar-refractivity contribution is 7.12. The van der Waals surface area contributed by atoms with Gasteiger partial charge in [0.25, 0.3) is 11.8 Å². The SMILES string of the molecule is Cc1sc(C(C)NC(=O)OC(C)(C)C)nc1C(=O)ON1C(=O)c2ccccc2C1=O. The summed E-state index contributed by atoms with van der Waals surface area (Å²) in [5, 5.41) is 3.54. The van der Waals surface area contributed by atoms with Crippen LogP contribution < -0.4 is 5.32 Å².